The summed E-state index contributed by atoms with van der Waals surface area (Å²) in [5, 5.41) is 25.6. The van der Waals surface area contributed by atoms with Crippen molar-refractivity contribution in [1.82, 2.24) is 10.6 Å². The quantitative estimate of drug-likeness (QED) is 0.627. The number of phenols is 2. The zero-order chi connectivity index (χ0) is 15.2. The average Bonchev–Trinajstić information content (AvgIpc) is 2.49. The summed E-state index contributed by atoms with van der Waals surface area (Å²) in [6.45, 7) is 3.19. The molecule has 5 nitrogen and oxygen atoms in total. The number of carbonyl (C=O) groups is 1. The number of aromatic hydroxyl groups is 2. The van der Waals surface area contributed by atoms with Crippen molar-refractivity contribution in [2.24, 2.45) is 0 Å². The Bertz CT molecular complexity index is 482. The number of nitrogens with one attached hydrogen (secondary N) is 2. The monoisotopic (exact) mass is 292 g/mol. The van der Waals surface area contributed by atoms with Crippen molar-refractivity contribution < 1.29 is 15.0 Å². The third kappa shape index (κ3) is 4.36. The normalized spacial score (nSPS) is 22.0. The van der Waals surface area contributed by atoms with Crippen LogP contribution in [0.15, 0.2) is 18.2 Å². The molecule has 1 aliphatic rings. The van der Waals surface area contributed by atoms with Gasteiger partial charge in [-0.05, 0) is 56.8 Å². The Kier molecular flexibility index (Phi) is 5.44. The lowest BCUT2D eigenvalue weighted by atomic mass is 9.91. The van der Waals surface area contributed by atoms with Crippen molar-refractivity contribution in [1.29, 1.82) is 0 Å². The van der Waals surface area contributed by atoms with Crippen LogP contribution < -0.4 is 10.6 Å². The van der Waals surface area contributed by atoms with E-state index < -0.39 is 0 Å². The number of hydrogen-bond acceptors (Lipinski definition) is 4. The maximum Gasteiger partial charge on any atom is 0.255 e. The molecule has 1 saturated carbocycles. The molecule has 1 aromatic rings. The predicted molar refractivity (Wildman–Crippen MR) is 81.6 cm³/mol. The van der Waals surface area contributed by atoms with Gasteiger partial charge in [-0.2, -0.15) is 0 Å². The van der Waals surface area contributed by atoms with Crippen LogP contribution in [0.2, 0.25) is 0 Å². The maximum atomic E-state index is 12.1. The molecular formula is C16H24N2O3. The van der Waals surface area contributed by atoms with E-state index in [1.807, 2.05) is 0 Å². The number of benzene rings is 1. The summed E-state index contributed by atoms with van der Waals surface area (Å²) in [6, 6.07) is 4.66. The first-order valence-corrected chi connectivity index (χ1v) is 7.66. The molecular weight excluding hydrogens is 268 g/mol. The highest BCUT2D eigenvalue weighted by molar-refractivity contribution is 5.97. The predicted octanol–water partition coefficient (Wildman–Crippen LogP) is 2.14. The lowest BCUT2D eigenvalue weighted by molar-refractivity contribution is 0.0921. The highest BCUT2D eigenvalue weighted by atomic mass is 16.3. The van der Waals surface area contributed by atoms with Crippen LogP contribution in [0, 0.1) is 0 Å². The summed E-state index contributed by atoms with van der Waals surface area (Å²) in [5.74, 6) is -0.456. The van der Waals surface area contributed by atoms with Gasteiger partial charge in [0.1, 0.15) is 11.5 Å². The molecule has 1 amide bonds. The van der Waals surface area contributed by atoms with E-state index in [0.717, 1.165) is 38.6 Å². The van der Waals surface area contributed by atoms with Crippen LogP contribution in [-0.4, -0.2) is 34.7 Å². The van der Waals surface area contributed by atoms with Crippen LogP contribution in [0.4, 0.5) is 0 Å². The van der Waals surface area contributed by atoms with Crippen LogP contribution in [0.1, 0.15) is 49.4 Å². The van der Waals surface area contributed by atoms with Crippen molar-refractivity contribution in [2.45, 2.75) is 51.1 Å². The van der Waals surface area contributed by atoms with Crippen LogP contribution in [0.5, 0.6) is 11.5 Å². The lowest BCUT2D eigenvalue weighted by Crippen LogP contribution is -2.42. The molecule has 4 N–H and O–H groups in total. The number of phenolic OH excluding ortho intramolecular Hbond substituents is 2. The van der Waals surface area contributed by atoms with Gasteiger partial charge in [0.05, 0.1) is 5.56 Å². The molecule has 0 aromatic heterocycles. The zero-order valence-corrected chi connectivity index (χ0v) is 12.4. The van der Waals surface area contributed by atoms with Crippen LogP contribution >= 0.6 is 0 Å². The van der Waals surface area contributed by atoms with E-state index in [1.165, 1.54) is 18.2 Å². The summed E-state index contributed by atoms with van der Waals surface area (Å²) in [6.07, 6.45) is 5.11. The number of rotatable bonds is 5. The van der Waals surface area contributed by atoms with Gasteiger partial charge in [-0.1, -0.05) is 6.92 Å². The van der Waals surface area contributed by atoms with Crippen molar-refractivity contribution in [3.8, 4) is 11.5 Å². The average molecular weight is 292 g/mol. The topological polar surface area (TPSA) is 81.6 Å². The van der Waals surface area contributed by atoms with Crippen LogP contribution in [0.25, 0.3) is 0 Å². The fraction of sp³-hybridized carbons (Fsp3) is 0.562. The summed E-state index contributed by atoms with van der Waals surface area (Å²) in [4.78, 5) is 12.1. The Morgan fingerprint density at radius 3 is 2.52 bits per heavy atom. The van der Waals surface area contributed by atoms with Crippen molar-refractivity contribution in [3.05, 3.63) is 23.8 Å². The molecule has 21 heavy (non-hydrogen) atoms. The molecule has 0 radical (unpaired) electrons. The minimum absolute atomic E-state index is 0.0228. The second kappa shape index (κ2) is 7.31. The third-order valence-electron chi connectivity index (χ3n) is 3.97. The first-order chi connectivity index (χ1) is 10.1. The smallest absolute Gasteiger partial charge is 0.255 e. The van der Waals surface area contributed by atoms with E-state index in [0.29, 0.717) is 6.04 Å². The molecule has 0 unspecified atom stereocenters. The van der Waals surface area contributed by atoms with E-state index in [-0.39, 0.29) is 29.0 Å². The van der Waals surface area contributed by atoms with Crippen LogP contribution in [-0.2, 0) is 0 Å². The van der Waals surface area contributed by atoms with E-state index >= 15 is 0 Å². The fourth-order valence-electron chi connectivity index (χ4n) is 2.76. The summed E-state index contributed by atoms with van der Waals surface area (Å²) in [7, 11) is 0. The number of carbonyl (C=O) groups excluding carboxylic acids is 1. The van der Waals surface area contributed by atoms with E-state index in [4.69, 9.17) is 0 Å². The summed E-state index contributed by atoms with van der Waals surface area (Å²) < 4.78 is 0. The molecule has 0 aliphatic heterocycles. The van der Waals surface area contributed by atoms with Crippen molar-refractivity contribution >= 4 is 5.91 Å². The van der Waals surface area contributed by atoms with Crippen molar-refractivity contribution in [2.75, 3.05) is 6.54 Å². The highest BCUT2D eigenvalue weighted by Gasteiger charge is 2.23. The Labute approximate surface area is 125 Å². The van der Waals surface area contributed by atoms with E-state index in [1.54, 1.807) is 0 Å². The number of amides is 1. The molecule has 1 aromatic carbocycles. The van der Waals surface area contributed by atoms with E-state index in [2.05, 4.69) is 17.6 Å². The van der Waals surface area contributed by atoms with Gasteiger partial charge in [0, 0.05) is 12.1 Å². The Morgan fingerprint density at radius 1 is 1.19 bits per heavy atom. The molecule has 116 valence electrons. The van der Waals surface area contributed by atoms with Gasteiger partial charge < -0.3 is 20.8 Å². The van der Waals surface area contributed by atoms with Gasteiger partial charge in [0.2, 0.25) is 0 Å². The second-order valence-electron chi connectivity index (χ2n) is 5.68. The van der Waals surface area contributed by atoms with Gasteiger partial charge in [-0.15, -0.1) is 0 Å². The third-order valence-corrected chi connectivity index (χ3v) is 3.97. The Morgan fingerprint density at radius 2 is 1.86 bits per heavy atom. The van der Waals surface area contributed by atoms with Gasteiger partial charge in [-0.3, -0.25) is 4.79 Å². The Balaban J connectivity index is 1.85. The highest BCUT2D eigenvalue weighted by Crippen LogP contribution is 2.23. The molecule has 0 bridgehead atoms. The van der Waals surface area contributed by atoms with Gasteiger partial charge in [0.15, 0.2) is 0 Å². The maximum absolute atomic E-state index is 12.1. The van der Waals surface area contributed by atoms with Gasteiger partial charge in [0.25, 0.3) is 5.91 Å². The Hall–Kier alpha value is -1.75. The van der Waals surface area contributed by atoms with Crippen molar-refractivity contribution in [3.63, 3.8) is 0 Å². The molecule has 2 rings (SSSR count). The standard InChI is InChI=1S/C16H24N2O3/c1-2-9-17-11-3-5-12(6-4-11)18-16(21)14-10-13(19)7-8-15(14)20/h7-8,10-12,17,19-20H,2-6,9H2,1H3,(H,18,21). The largest absolute Gasteiger partial charge is 0.508 e. The fourth-order valence-corrected chi connectivity index (χ4v) is 2.76. The van der Waals surface area contributed by atoms with Crippen LogP contribution in [0.3, 0.4) is 0 Å². The summed E-state index contributed by atoms with van der Waals surface area (Å²) in [5.41, 5.74) is 0.126. The molecule has 1 fully saturated rings. The molecule has 0 atom stereocenters. The SMILES string of the molecule is CCCNC1CCC(NC(=O)c2cc(O)ccc2O)CC1. The lowest BCUT2D eigenvalue weighted by Gasteiger charge is -2.29. The van der Waals surface area contributed by atoms with Gasteiger partial charge >= 0.3 is 0 Å². The minimum Gasteiger partial charge on any atom is -0.508 e. The van der Waals surface area contributed by atoms with E-state index in [9.17, 15) is 15.0 Å². The zero-order valence-electron chi connectivity index (χ0n) is 12.4. The molecule has 0 heterocycles. The first-order valence-electron chi connectivity index (χ1n) is 7.66. The molecule has 5 heteroatoms. The first kappa shape index (κ1) is 15.6. The molecule has 0 spiro atoms. The number of hydrogen-bond donors (Lipinski definition) is 4. The minimum atomic E-state index is -0.326. The van der Waals surface area contributed by atoms with Gasteiger partial charge in [-0.25, -0.2) is 0 Å². The second-order valence-corrected chi connectivity index (χ2v) is 5.68. The summed E-state index contributed by atoms with van der Waals surface area (Å²) >= 11 is 0. The molecule has 1 aliphatic carbocycles. The molecule has 0 saturated heterocycles.